The Balaban J connectivity index is 1.84. The lowest BCUT2D eigenvalue weighted by Crippen LogP contribution is -2.33. The molecule has 0 bridgehead atoms. The van der Waals surface area contributed by atoms with E-state index in [0.717, 1.165) is 6.42 Å². The quantitative estimate of drug-likeness (QED) is 0.726. The van der Waals surface area contributed by atoms with Crippen molar-refractivity contribution in [3.63, 3.8) is 0 Å². The minimum Gasteiger partial charge on any atom is -0.229 e. The van der Waals surface area contributed by atoms with E-state index in [4.69, 9.17) is 0 Å². The van der Waals surface area contributed by atoms with Crippen LogP contribution in [0, 0.1) is 11.8 Å². The van der Waals surface area contributed by atoms with Gasteiger partial charge in [0, 0.05) is 0 Å². The van der Waals surface area contributed by atoms with Crippen LogP contribution >= 0.6 is 0 Å². The molecule has 3 atom stereocenters. The van der Waals surface area contributed by atoms with Crippen molar-refractivity contribution in [1.82, 2.24) is 0 Å². The van der Waals surface area contributed by atoms with Crippen molar-refractivity contribution in [1.29, 1.82) is 0 Å². The van der Waals surface area contributed by atoms with Crippen LogP contribution in [0.5, 0.6) is 0 Å². The van der Waals surface area contributed by atoms with E-state index < -0.39 is 9.84 Å². The van der Waals surface area contributed by atoms with Gasteiger partial charge in [-0.05, 0) is 29.7 Å². The van der Waals surface area contributed by atoms with Gasteiger partial charge in [-0.3, -0.25) is 0 Å². The lowest BCUT2D eigenvalue weighted by atomic mass is 9.64. The molecule has 1 heterocycles. The van der Waals surface area contributed by atoms with E-state index in [1.165, 1.54) is 5.56 Å². The number of benzene rings is 1. The van der Waals surface area contributed by atoms with Crippen LogP contribution in [0.2, 0.25) is 0 Å². The first-order chi connectivity index (χ1) is 7.16. The summed E-state index contributed by atoms with van der Waals surface area (Å²) in [6.07, 6.45) is 1.06. The van der Waals surface area contributed by atoms with E-state index in [1.807, 2.05) is 18.2 Å². The highest BCUT2D eigenvalue weighted by Gasteiger charge is 2.50. The molecule has 0 N–H and O–H groups in total. The third-order valence-corrected chi connectivity index (χ3v) is 5.65. The van der Waals surface area contributed by atoms with Gasteiger partial charge in [-0.2, -0.15) is 0 Å². The molecular formula is C12H14O2S. The summed E-state index contributed by atoms with van der Waals surface area (Å²) < 4.78 is 22.9. The predicted octanol–water partition coefficient (Wildman–Crippen LogP) is 1.83. The van der Waals surface area contributed by atoms with Gasteiger partial charge >= 0.3 is 0 Å². The maximum Gasteiger partial charge on any atom is 0.150 e. The topological polar surface area (TPSA) is 34.1 Å². The molecule has 2 nitrogen and oxygen atoms in total. The summed E-state index contributed by atoms with van der Waals surface area (Å²) in [6, 6.07) is 10.3. The van der Waals surface area contributed by atoms with E-state index >= 15 is 0 Å². The molecule has 80 valence electrons. The molecule has 0 spiro atoms. The van der Waals surface area contributed by atoms with Crippen LogP contribution in [0.1, 0.15) is 17.9 Å². The molecule has 3 heteroatoms. The molecule has 3 rings (SSSR count). The highest BCUT2D eigenvalue weighted by atomic mass is 32.2. The molecule has 1 aliphatic carbocycles. The van der Waals surface area contributed by atoms with Crippen molar-refractivity contribution < 1.29 is 8.42 Å². The molecule has 2 fully saturated rings. The highest BCUT2D eigenvalue weighted by Crippen LogP contribution is 2.52. The average Bonchev–Trinajstić information content (AvgIpc) is 2.43. The van der Waals surface area contributed by atoms with E-state index in [2.05, 4.69) is 12.1 Å². The Labute approximate surface area is 90.2 Å². The van der Waals surface area contributed by atoms with Gasteiger partial charge in [-0.25, -0.2) is 8.42 Å². The zero-order valence-electron chi connectivity index (χ0n) is 8.46. The van der Waals surface area contributed by atoms with Gasteiger partial charge in [-0.1, -0.05) is 30.3 Å². The Morgan fingerprint density at radius 1 is 1.07 bits per heavy atom. The second-order valence-corrected chi connectivity index (χ2v) is 6.91. The number of hydrogen-bond acceptors (Lipinski definition) is 2. The molecule has 1 aromatic carbocycles. The molecule has 0 radical (unpaired) electrons. The minimum absolute atomic E-state index is 0.400. The molecule has 15 heavy (non-hydrogen) atoms. The lowest BCUT2D eigenvalue weighted by molar-refractivity contribution is 0.191. The molecule has 2 aliphatic rings. The standard InChI is InChI=1S/C12H14O2S/c13-15(14)7-10-6-11(12(10)8-15)9-4-2-1-3-5-9/h1-5,10-12H,6-8H2/t10-,11-,12+/m1/s1. The Morgan fingerprint density at radius 2 is 1.80 bits per heavy atom. The van der Waals surface area contributed by atoms with Crippen molar-refractivity contribution in [3.05, 3.63) is 35.9 Å². The summed E-state index contributed by atoms with van der Waals surface area (Å²) in [7, 11) is -2.72. The van der Waals surface area contributed by atoms with Crippen LogP contribution < -0.4 is 0 Å². The number of rotatable bonds is 1. The fraction of sp³-hybridized carbons (Fsp3) is 0.500. The maximum atomic E-state index is 11.5. The zero-order valence-corrected chi connectivity index (χ0v) is 9.28. The van der Waals surface area contributed by atoms with Gasteiger partial charge in [-0.15, -0.1) is 0 Å². The largest absolute Gasteiger partial charge is 0.229 e. The Hall–Kier alpha value is -0.830. The van der Waals surface area contributed by atoms with Crippen molar-refractivity contribution in [2.75, 3.05) is 11.5 Å². The van der Waals surface area contributed by atoms with Gasteiger partial charge in [0.2, 0.25) is 0 Å². The number of sulfone groups is 1. The smallest absolute Gasteiger partial charge is 0.150 e. The third-order valence-electron chi connectivity index (χ3n) is 3.82. The zero-order chi connectivity index (χ0) is 10.5. The number of hydrogen-bond donors (Lipinski definition) is 0. The molecule has 1 saturated heterocycles. The SMILES string of the molecule is O=S1(=O)C[C@H]2C[C@H](c3ccccc3)[C@H]2C1. The minimum atomic E-state index is -2.72. The second-order valence-electron chi connectivity index (χ2n) is 4.75. The van der Waals surface area contributed by atoms with Crippen LogP contribution in [0.15, 0.2) is 30.3 Å². The summed E-state index contributed by atoms with van der Waals surface area (Å²) in [4.78, 5) is 0. The Bertz CT molecular complexity index is 464. The molecule has 0 aromatic heterocycles. The summed E-state index contributed by atoms with van der Waals surface area (Å²) >= 11 is 0. The van der Waals surface area contributed by atoms with Crippen LogP contribution in [-0.4, -0.2) is 19.9 Å². The third kappa shape index (κ3) is 1.49. The molecule has 1 saturated carbocycles. The molecule has 1 aliphatic heterocycles. The molecule has 0 amide bonds. The lowest BCUT2D eigenvalue weighted by Gasteiger charge is -2.39. The van der Waals surface area contributed by atoms with Crippen LogP contribution in [0.25, 0.3) is 0 Å². The van der Waals surface area contributed by atoms with Crippen LogP contribution in [-0.2, 0) is 9.84 Å². The average molecular weight is 222 g/mol. The summed E-state index contributed by atoms with van der Waals surface area (Å²) in [6.45, 7) is 0. The summed E-state index contributed by atoms with van der Waals surface area (Å²) in [5, 5.41) is 0. The first-order valence-electron chi connectivity index (χ1n) is 5.41. The van der Waals surface area contributed by atoms with Crippen LogP contribution in [0.4, 0.5) is 0 Å². The first kappa shape index (κ1) is 9.40. The van der Waals surface area contributed by atoms with Crippen molar-refractivity contribution in [2.45, 2.75) is 12.3 Å². The predicted molar refractivity (Wildman–Crippen MR) is 59.4 cm³/mol. The fourth-order valence-corrected chi connectivity index (χ4v) is 5.29. The Kier molecular flexibility index (Phi) is 1.93. The van der Waals surface area contributed by atoms with Gasteiger partial charge < -0.3 is 0 Å². The normalized spacial score (nSPS) is 36.9. The van der Waals surface area contributed by atoms with E-state index in [0.29, 0.717) is 29.3 Å². The number of fused-ring (bicyclic) bond motifs is 1. The summed E-state index contributed by atoms with van der Waals surface area (Å²) in [5.74, 6) is 2.18. The van der Waals surface area contributed by atoms with E-state index in [1.54, 1.807) is 0 Å². The maximum absolute atomic E-state index is 11.5. The first-order valence-corrected chi connectivity index (χ1v) is 7.23. The van der Waals surface area contributed by atoms with Gasteiger partial charge in [0.25, 0.3) is 0 Å². The fourth-order valence-electron chi connectivity index (χ4n) is 3.02. The van der Waals surface area contributed by atoms with Gasteiger partial charge in [0.1, 0.15) is 0 Å². The summed E-state index contributed by atoms with van der Waals surface area (Å²) in [5.41, 5.74) is 1.32. The monoisotopic (exact) mass is 222 g/mol. The second kappa shape index (κ2) is 3.08. The van der Waals surface area contributed by atoms with Crippen molar-refractivity contribution in [3.8, 4) is 0 Å². The highest BCUT2D eigenvalue weighted by molar-refractivity contribution is 7.91. The van der Waals surface area contributed by atoms with Gasteiger partial charge in [0.15, 0.2) is 9.84 Å². The van der Waals surface area contributed by atoms with E-state index in [9.17, 15) is 8.42 Å². The van der Waals surface area contributed by atoms with Crippen molar-refractivity contribution in [2.24, 2.45) is 11.8 Å². The van der Waals surface area contributed by atoms with Gasteiger partial charge in [0.05, 0.1) is 11.5 Å². The Morgan fingerprint density at radius 3 is 2.47 bits per heavy atom. The molecule has 0 unspecified atom stereocenters. The molecular weight excluding hydrogens is 208 g/mol. The van der Waals surface area contributed by atoms with Crippen molar-refractivity contribution >= 4 is 9.84 Å². The molecule has 1 aromatic rings. The van der Waals surface area contributed by atoms with Crippen LogP contribution in [0.3, 0.4) is 0 Å². The van der Waals surface area contributed by atoms with E-state index in [-0.39, 0.29) is 0 Å².